The molecule has 1 amide bonds. The van der Waals surface area contributed by atoms with E-state index in [0.717, 1.165) is 0 Å². The number of amides is 1. The Morgan fingerprint density at radius 1 is 1.17 bits per heavy atom. The van der Waals surface area contributed by atoms with Crippen LogP contribution in [-0.2, 0) is 9.59 Å². The lowest BCUT2D eigenvalue weighted by molar-refractivity contribution is -0.139. The molecule has 102 valence electrons. The average molecular weight is 253 g/mol. The third-order valence-corrected chi connectivity index (χ3v) is 3.86. The number of carboxylic acid groups (broad SMARTS) is 1. The zero-order valence-electron chi connectivity index (χ0n) is 11.2. The molecular formula is C14H23NO3. The summed E-state index contributed by atoms with van der Waals surface area (Å²) in [5, 5.41) is 11.9. The van der Waals surface area contributed by atoms with E-state index in [0.29, 0.717) is 24.3 Å². The standard InChI is InChI=1S/C14H23NO3/c1-14(2,8-12(17)18)7-11(16)15-13(9-3-4-9)10-5-6-10/h9-10,13H,3-8H2,1-2H3,(H,15,16)(H,17,18). The Bertz CT molecular complexity index is 331. The van der Waals surface area contributed by atoms with Crippen LogP contribution in [0.25, 0.3) is 0 Å². The maximum atomic E-state index is 12.0. The highest BCUT2D eigenvalue weighted by molar-refractivity contribution is 5.78. The van der Waals surface area contributed by atoms with E-state index < -0.39 is 11.4 Å². The van der Waals surface area contributed by atoms with Crippen molar-refractivity contribution in [1.29, 1.82) is 0 Å². The van der Waals surface area contributed by atoms with Crippen molar-refractivity contribution < 1.29 is 14.7 Å². The smallest absolute Gasteiger partial charge is 0.303 e. The van der Waals surface area contributed by atoms with Crippen LogP contribution < -0.4 is 5.32 Å². The van der Waals surface area contributed by atoms with Crippen LogP contribution in [0.15, 0.2) is 0 Å². The molecule has 18 heavy (non-hydrogen) atoms. The van der Waals surface area contributed by atoms with Gasteiger partial charge in [-0.2, -0.15) is 0 Å². The Morgan fingerprint density at radius 3 is 2.06 bits per heavy atom. The van der Waals surface area contributed by atoms with Crippen molar-refractivity contribution in [3.8, 4) is 0 Å². The summed E-state index contributed by atoms with van der Waals surface area (Å²) < 4.78 is 0. The number of carbonyl (C=O) groups is 2. The van der Waals surface area contributed by atoms with Crippen LogP contribution in [0, 0.1) is 17.3 Å². The fourth-order valence-electron chi connectivity index (χ4n) is 2.67. The van der Waals surface area contributed by atoms with Crippen molar-refractivity contribution in [1.82, 2.24) is 5.32 Å². The van der Waals surface area contributed by atoms with Gasteiger partial charge in [-0.3, -0.25) is 9.59 Å². The van der Waals surface area contributed by atoms with Crippen LogP contribution in [0.1, 0.15) is 52.4 Å². The summed E-state index contributed by atoms with van der Waals surface area (Å²) in [6.07, 6.45) is 5.28. The van der Waals surface area contributed by atoms with Gasteiger partial charge in [0.25, 0.3) is 0 Å². The predicted octanol–water partition coefficient (Wildman–Crippen LogP) is 2.18. The third kappa shape index (κ3) is 4.00. The van der Waals surface area contributed by atoms with Gasteiger partial charge in [0, 0.05) is 12.5 Å². The number of nitrogens with one attached hydrogen (secondary N) is 1. The van der Waals surface area contributed by atoms with Gasteiger partial charge >= 0.3 is 5.97 Å². The van der Waals surface area contributed by atoms with Crippen molar-refractivity contribution in [2.75, 3.05) is 0 Å². The van der Waals surface area contributed by atoms with Crippen molar-refractivity contribution in [3.05, 3.63) is 0 Å². The predicted molar refractivity (Wildman–Crippen MR) is 68.0 cm³/mol. The monoisotopic (exact) mass is 253 g/mol. The molecule has 2 N–H and O–H groups in total. The second-order valence-electron chi connectivity index (χ2n) is 6.68. The molecule has 4 nitrogen and oxygen atoms in total. The van der Waals surface area contributed by atoms with Gasteiger partial charge in [0.05, 0.1) is 6.42 Å². The summed E-state index contributed by atoms with van der Waals surface area (Å²) in [5.74, 6) is 0.548. The summed E-state index contributed by atoms with van der Waals surface area (Å²) in [6.45, 7) is 3.67. The molecule has 0 aromatic rings. The zero-order chi connectivity index (χ0) is 13.3. The third-order valence-electron chi connectivity index (χ3n) is 3.86. The Labute approximate surface area is 108 Å². The van der Waals surface area contributed by atoms with Gasteiger partial charge < -0.3 is 10.4 Å². The van der Waals surface area contributed by atoms with Gasteiger partial charge in [0.15, 0.2) is 0 Å². The van der Waals surface area contributed by atoms with E-state index in [-0.39, 0.29) is 12.3 Å². The summed E-state index contributed by atoms with van der Waals surface area (Å²) in [5.41, 5.74) is -0.465. The van der Waals surface area contributed by atoms with Gasteiger partial charge in [-0.15, -0.1) is 0 Å². The van der Waals surface area contributed by atoms with E-state index in [1.807, 2.05) is 13.8 Å². The molecule has 0 heterocycles. The van der Waals surface area contributed by atoms with E-state index >= 15 is 0 Å². The minimum absolute atomic E-state index is 0.0186. The van der Waals surface area contributed by atoms with Gasteiger partial charge in [-0.05, 0) is 42.9 Å². The number of rotatable bonds is 7. The molecule has 2 rings (SSSR count). The molecule has 0 aromatic heterocycles. The first-order valence-corrected chi connectivity index (χ1v) is 6.88. The van der Waals surface area contributed by atoms with Crippen molar-refractivity contribution in [3.63, 3.8) is 0 Å². The largest absolute Gasteiger partial charge is 0.481 e. The first-order valence-electron chi connectivity index (χ1n) is 6.88. The maximum Gasteiger partial charge on any atom is 0.303 e. The van der Waals surface area contributed by atoms with Crippen LogP contribution >= 0.6 is 0 Å². The fraction of sp³-hybridized carbons (Fsp3) is 0.857. The first-order chi connectivity index (χ1) is 8.37. The molecule has 4 heteroatoms. The van der Waals surface area contributed by atoms with Gasteiger partial charge in [0.1, 0.15) is 0 Å². The molecule has 0 unspecified atom stereocenters. The molecule has 0 radical (unpaired) electrons. The summed E-state index contributed by atoms with van der Waals surface area (Å²) in [7, 11) is 0. The lowest BCUT2D eigenvalue weighted by atomic mass is 9.85. The lowest BCUT2D eigenvalue weighted by Crippen LogP contribution is -2.40. The van der Waals surface area contributed by atoms with Crippen LogP contribution in [-0.4, -0.2) is 23.0 Å². The van der Waals surface area contributed by atoms with E-state index in [9.17, 15) is 9.59 Å². The molecule has 2 aliphatic rings. The number of aliphatic carboxylic acids is 1. The minimum atomic E-state index is -0.839. The second-order valence-corrected chi connectivity index (χ2v) is 6.68. The SMILES string of the molecule is CC(C)(CC(=O)O)CC(=O)NC(C1CC1)C1CC1. The van der Waals surface area contributed by atoms with E-state index in [1.165, 1.54) is 25.7 Å². The molecule has 2 fully saturated rings. The highest BCUT2D eigenvalue weighted by Gasteiger charge is 2.42. The van der Waals surface area contributed by atoms with Crippen molar-refractivity contribution >= 4 is 11.9 Å². The Balaban J connectivity index is 1.81. The molecule has 0 saturated heterocycles. The van der Waals surface area contributed by atoms with Crippen LogP contribution in [0.3, 0.4) is 0 Å². The lowest BCUT2D eigenvalue weighted by Gasteiger charge is -2.24. The molecular weight excluding hydrogens is 230 g/mol. The zero-order valence-corrected chi connectivity index (χ0v) is 11.2. The molecule has 0 aliphatic heterocycles. The minimum Gasteiger partial charge on any atom is -0.481 e. The van der Waals surface area contributed by atoms with E-state index in [1.54, 1.807) is 0 Å². The van der Waals surface area contributed by atoms with Crippen LogP contribution in [0.2, 0.25) is 0 Å². The Morgan fingerprint density at radius 2 is 1.67 bits per heavy atom. The van der Waals surface area contributed by atoms with E-state index in [4.69, 9.17) is 5.11 Å². The van der Waals surface area contributed by atoms with Gasteiger partial charge in [0.2, 0.25) is 5.91 Å². The topological polar surface area (TPSA) is 66.4 Å². The highest BCUT2D eigenvalue weighted by Crippen LogP contribution is 2.44. The number of carbonyl (C=O) groups excluding carboxylic acids is 1. The van der Waals surface area contributed by atoms with Crippen molar-refractivity contribution in [2.24, 2.45) is 17.3 Å². The number of hydrogen-bond donors (Lipinski definition) is 2. The molecule has 2 saturated carbocycles. The van der Waals surface area contributed by atoms with E-state index in [2.05, 4.69) is 5.32 Å². The Hall–Kier alpha value is -1.06. The maximum absolute atomic E-state index is 12.0. The van der Waals surface area contributed by atoms with Crippen molar-refractivity contribution in [2.45, 2.75) is 58.4 Å². The molecule has 0 atom stereocenters. The highest BCUT2D eigenvalue weighted by atomic mass is 16.4. The molecule has 0 aromatic carbocycles. The summed E-state index contributed by atoms with van der Waals surface area (Å²) in [4.78, 5) is 22.7. The van der Waals surface area contributed by atoms with Crippen LogP contribution in [0.4, 0.5) is 0 Å². The Kier molecular flexibility index (Phi) is 3.64. The fourth-order valence-corrected chi connectivity index (χ4v) is 2.67. The molecule has 0 spiro atoms. The van der Waals surface area contributed by atoms with Gasteiger partial charge in [-0.1, -0.05) is 13.8 Å². The number of carboxylic acids is 1. The average Bonchev–Trinajstić information content (AvgIpc) is 3.06. The summed E-state index contributed by atoms with van der Waals surface area (Å²) in [6, 6.07) is 0.359. The summed E-state index contributed by atoms with van der Waals surface area (Å²) >= 11 is 0. The quantitative estimate of drug-likeness (QED) is 0.731. The number of hydrogen-bond acceptors (Lipinski definition) is 2. The first kappa shape index (κ1) is 13.4. The van der Waals surface area contributed by atoms with Crippen LogP contribution in [0.5, 0.6) is 0 Å². The van der Waals surface area contributed by atoms with Gasteiger partial charge in [-0.25, -0.2) is 0 Å². The molecule has 0 bridgehead atoms. The normalized spacial score (nSPS) is 19.9. The molecule has 2 aliphatic carbocycles. The second kappa shape index (κ2) is 4.90.